The van der Waals surface area contributed by atoms with E-state index in [1.54, 1.807) is 0 Å². The Morgan fingerprint density at radius 3 is 2.46 bits per heavy atom. The Morgan fingerprint density at radius 2 is 1.86 bits per heavy atom. The second kappa shape index (κ2) is 8.30. The average molecular weight is 401 g/mol. The first kappa shape index (κ1) is 22.2. The lowest BCUT2D eigenvalue weighted by molar-refractivity contribution is -0.326. The van der Waals surface area contributed by atoms with Gasteiger partial charge in [0.05, 0.1) is 18.8 Å². The van der Waals surface area contributed by atoms with Gasteiger partial charge in [0.2, 0.25) is 0 Å². The molecule has 5 N–H and O–H groups in total. The van der Waals surface area contributed by atoms with Gasteiger partial charge in [-0.25, -0.2) is 0 Å². The van der Waals surface area contributed by atoms with Crippen LogP contribution in [-0.4, -0.2) is 75.1 Å². The fraction of sp³-hybridized carbons (Fsp3) is 0.905. The molecule has 0 unspecified atom stereocenters. The van der Waals surface area contributed by atoms with Crippen molar-refractivity contribution in [3.8, 4) is 0 Å². The predicted octanol–water partition coefficient (Wildman–Crippen LogP) is 0.571. The van der Waals surface area contributed by atoms with E-state index in [9.17, 15) is 25.5 Å². The van der Waals surface area contributed by atoms with E-state index in [-0.39, 0.29) is 23.4 Å². The number of ether oxygens (including phenoxy) is 2. The minimum absolute atomic E-state index is 0.0373. The lowest BCUT2D eigenvalue weighted by atomic mass is 9.54. The zero-order valence-corrected chi connectivity index (χ0v) is 17.2. The van der Waals surface area contributed by atoms with Gasteiger partial charge in [0.1, 0.15) is 24.4 Å². The van der Waals surface area contributed by atoms with Crippen LogP contribution in [0.4, 0.5) is 0 Å². The van der Waals surface area contributed by atoms with Crippen LogP contribution in [0, 0.1) is 23.2 Å². The molecule has 2 aliphatic carbocycles. The van der Waals surface area contributed by atoms with Crippen molar-refractivity contribution in [3.63, 3.8) is 0 Å². The highest BCUT2D eigenvalue weighted by Crippen LogP contribution is 2.54. The Kier molecular flexibility index (Phi) is 6.57. The smallest absolute Gasteiger partial charge is 0.187 e. The number of fused-ring (bicyclic) bond motifs is 1. The van der Waals surface area contributed by atoms with Gasteiger partial charge in [-0.3, -0.25) is 0 Å². The summed E-state index contributed by atoms with van der Waals surface area (Å²) < 4.78 is 11.9. The molecule has 1 saturated heterocycles. The van der Waals surface area contributed by atoms with Crippen LogP contribution in [0.15, 0.2) is 11.6 Å². The van der Waals surface area contributed by atoms with Crippen LogP contribution in [0.5, 0.6) is 0 Å². The third-order valence-corrected chi connectivity index (χ3v) is 7.39. The molecule has 28 heavy (non-hydrogen) atoms. The number of hydrogen-bond acceptors (Lipinski definition) is 7. The summed E-state index contributed by atoms with van der Waals surface area (Å²) in [5.41, 5.74) is 0.830. The summed E-state index contributed by atoms with van der Waals surface area (Å²) >= 11 is 0. The van der Waals surface area contributed by atoms with E-state index in [0.29, 0.717) is 12.3 Å². The second-order valence-electron chi connectivity index (χ2n) is 9.43. The SMILES string of the molecule is CC1=CC[C@@H](O)[C@]2(C)CC[C@@H](C(C)C)[C@@H](O[C@@H]3O[C@H](CO)[C@@H](O)[C@H](O)[C@H]3O)[C@H]12. The van der Waals surface area contributed by atoms with Gasteiger partial charge >= 0.3 is 0 Å². The minimum atomic E-state index is -1.46. The summed E-state index contributed by atoms with van der Waals surface area (Å²) in [7, 11) is 0. The van der Waals surface area contributed by atoms with E-state index >= 15 is 0 Å². The van der Waals surface area contributed by atoms with Gasteiger partial charge < -0.3 is 35.0 Å². The largest absolute Gasteiger partial charge is 0.394 e. The standard InChI is InChI=1S/C21H36O7/c1-10(2)12-7-8-21(4)14(23)6-5-11(3)15(21)19(12)28-20-18(26)17(25)16(24)13(9-22)27-20/h5,10,12-20,22-26H,6-9H2,1-4H3/t12-,13+,14+,15-,16+,17-,18+,19+,20-,21-/m0/s1. The van der Waals surface area contributed by atoms with E-state index in [2.05, 4.69) is 33.8 Å². The van der Waals surface area contributed by atoms with Gasteiger partial charge in [-0.2, -0.15) is 0 Å². The van der Waals surface area contributed by atoms with Crippen LogP contribution in [0.1, 0.15) is 47.0 Å². The Hall–Kier alpha value is -0.540. The third-order valence-electron chi connectivity index (χ3n) is 7.39. The molecule has 3 aliphatic rings. The van der Waals surface area contributed by atoms with Crippen molar-refractivity contribution >= 4 is 0 Å². The topological polar surface area (TPSA) is 120 Å². The fourth-order valence-electron chi connectivity index (χ4n) is 5.49. The summed E-state index contributed by atoms with van der Waals surface area (Å²) in [4.78, 5) is 0. The highest BCUT2D eigenvalue weighted by atomic mass is 16.7. The summed E-state index contributed by atoms with van der Waals surface area (Å²) in [6, 6.07) is 0. The van der Waals surface area contributed by atoms with Crippen LogP contribution >= 0.6 is 0 Å². The van der Waals surface area contributed by atoms with Crippen molar-refractivity contribution in [2.75, 3.05) is 6.61 Å². The summed E-state index contributed by atoms with van der Waals surface area (Å²) in [6.45, 7) is 7.94. The molecule has 162 valence electrons. The molecular formula is C21H36O7. The number of aliphatic hydroxyl groups excluding tert-OH is 5. The molecule has 1 heterocycles. The lowest BCUT2D eigenvalue weighted by Gasteiger charge is -2.55. The van der Waals surface area contributed by atoms with Crippen molar-refractivity contribution in [1.29, 1.82) is 0 Å². The Morgan fingerprint density at radius 1 is 1.18 bits per heavy atom. The molecule has 1 saturated carbocycles. The van der Waals surface area contributed by atoms with Gasteiger partial charge in [-0.05, 0) is 38.0 Å². The quantitative estimate of drug-likeness (QED) is 0.438. The average Bonchev–Trinajstić information content (AvgIpc) is 2.65. The highest BCUT2D eigenvalue weighted by molar-refractivity contribution is 5.20. The normalized spacial score (nSPS) is 49.6. The van der Waals surface area contributed by atoms with Crippen molar-refractivity contribution in [2.24, 2.45) is 23.2 Å². The van der Waals surface area contributed by atoms with Crippen LogP contribution in [0.3, 0.4) is 0 Å². The monoisotopic (exact) mass is 400 g/mol. The zero-order chi connectivity index (χ0) is 20.8. The molecule has 0 bridgehead atoms. The van der Waals surface area contributed by atoms with Crippen molar-refractivity contribution in [2.45, 2.75) is 89.9 Å². The molecule has 10 atom stereocenters. The second-order valence-corrected chi connectivity index (χ2v) is 9.43. The van der Waals surface area contributed by atoms with Crippen LogP contribution in [0.25, 0.3) is 0 Å². The number of rotatable bonds is 4. The molecule has 0 radical (unpaired) electrons. The molecule has 0 aromatic carbocycles. The molecule has 1 aliphatic heterocycles. The van der Waals surface area contributed by atoms with Crippen LogP contribution in [0.2, 0.25) is 0 Å². The van der Waals surface area contributed by atoms with E-state index in [4.69, 9.17) is 9.47 Å². The van der Waals surface area contributed by atoms with Crippen LogP contribution < -0.4 is 0 Å². The predicted molar refractivity (Wildman–Crippen MR) is 102 cm³/mol. The molecule has 7 nitrogen and oxygen atoms in total. The Bertz CT molecular complexity index is 577. The first-order valence-corrected chi connectivity index (χ1v) is 10.4. The Balaban J connectivity index is 1.91. The summed E-state index contributed by atoms with van der Waals surface area (Å²) in [6.07, 6.45) is -2.76. The molecular weight excluding hydrogens is 364 g/mol. The maximum atomic E-state index is 10.8. The van der Waals surface area contributed by atoms with E-state index in [1.165, 1.54) is 0 Å². The summed E-state index contributed by atoms with van der Waals surface area (Å²) in [5, 5.41) is 50.8. The molecule has 0 aromatic rings. The van der Waals surface area contributed by atoms with E-state index in [1.807, 2.05) is 0 Å². The van der Waals surface area contributed by atoms with Gasteiger partial charge in [0.15, 0.2) is 6.29 Å². The third kappa shape index (κ3) is 3.67. The van der Waals surface area contributed by atoms with Crippen molar-refractivity contribution in [3.05, 3.63) is 11.6 Å². The molecule has 7 heteroatoms. The molecule has 0 spiro atoms. The molecule has 0 amide bonds. The van der Waals surface area contributed by atoms with Crippen molar-refractivity contribution in [1.82, 2.24) is 0 Å². The zero-order valence-electron chi connectivity index (χ0n) is 17.2. The van der Waals surface area contributed by atoms with Crippen LogP contribution in [-0.2, 0) is 9.47 Å². The lowest BCUT2D eigenvalue weighted by Crippen LogP contribution is -2.62. The Labute approximate surface area is 167 Å². The first-order valence-electron chi connectivity index (χ1n) is 10.4. The molecule has 2 fully saturated rings. The minimum Gasteiger partial charge on any atom is -0.394 e. The molecule has 3 rings (SSSR count). The molecule has 0 aromatic heterocycles. The first-order chi connectivity index (χ1) is 13.1. The van der Waals surface area contributed by atoms with Gasteiger partial charge in [-0.15, -0.1) is 0 Å². The maximum absolute atomic E-state index is 10.8. The van der Waals surface area contributed by atoms with Gasteiger partial charge in [0, 0.05) is 11.3 Å². The number of hydrogen-bond donors (Lipinski definition) is 5. The van der Waals surface area contributed by atoms with E-state index < -0.39 is 43.4 Å². The van der Waals surface area contributed by atoms with Crippen molar-refractivity contribution < 1.29 is 35.0 Å². The fourth-order valence-corrected chi connectivity index (χ4v) is 5.49. The maximum Gasteiger partial charge on any atom is 0.187 e. The number of aliphatic hydroxyl groups is 5. The summed E-state index contributed by atoms with van der Waals surface area (Å²) in [5.74, 6) is 0.482. The van der Waals surface area contributed by atoms with E-state index in [0.717, 1.165) is 18.4 Å². The van der Waals surface area contributed by atoms with Gasteiger partial charge in [0.25, 0.3) is 0 Å². The van der Waals surface area contributed by atoms with Gasteiger partial charge in [-0.1, -0.05) is 32.4 Å². The highest BCUT2D eigenvalue weighted by Gasteiger charge is 2.55.